The van der Waals surface area contributed by atoms with E-state index in [1.165, 1.54) is 0 Å². The van der Waals surface area contributed by atoms with E-state index in [0.29, 0.717) is 12.2 Å². The van der Waals surface area contributed by atoms with Crippen molar-refractivity contribution in [1.82, 2.24) is 4.98 Å². The molecule has 0 saturated carbocycles. The normalized spacial score (nSPS) is 12.1. The van der Waals surface area contributed by atoms with Crippen molar-refractivity contribution >= 4 is 23.5 Å². The average Bonchev–Trinajstić information content (AvgIpc) is 2.27. The lowest BCUT2D eigenvalue weighted by Gasteiger charge is -2.10. The summed E-state index contributed by atoms with van der Waals surface area (Å²) in [6.45, 7) is 0. The highest BCUT2D eigenvalue weighted by Gasteiger charge is 2.12. The Morgan fingerprint density at radius 1 is 1.67 bits per heavy atom. The molecule has 0 radical (unpaired) electrons. The summed E-state index contributed by atoms with van der Waals surface area (Å²) in [6.07, 6.45) is 4.30. The van der Waals surface area contributed by atoms with Crippen molar-refractivity contribution in [2.75, 3.05) is 17.3 Å². The maximum absolute atomic E-state index is 11.5. The number of thioether (sulfide) groups is 1. The molecule has 0 aliphatic rings. The minimum Gasteiger partial charge on any atom is -0.320 e. The standard InChI is InChI=1S/C10H15N3OS/c1-15-7-5-8(11)10(14)13-9-4-2-3-6-12-9/h2-4,6,8H,5,7,11H2,1H3,(H,12,13,14)/t8-/m0/s1. The number of hydrogen-bond acceptors (Lipinski definition) is 4. The third-order valence-corrected chi connectivity index (χ3v) is 2.53. The SMILES string of the molecule is CSCC[C@H](N)C(=O)Nc1ccccn1. The first kappa shape index (κ1) is 12.0. The molecule has 0 aromatic carbocycles. The van der Waals surface area contributed by atoms with Gasteiger partial charge in [0.15, 0.2) is 0 Å². The van der Waals surface area contributed by atoms with Gasteiger partial charge in [-0.3, -0.25) is 4.79 Å². The molecule has 1 heterocycles. The number of amides is 1. The summed E-state index contributed by atoms with van der Waals surface area (Å²) in [7, 11) is 0. The van der Waals surface area contributed by atoms with E-state index in [-0.39, 0.29) is 5.91 Å². The molecular formula is C10H15N3OS. The third-order valence-electron chi connectivity index (χ3n) is 1.89. The number of carbonyl (C=O) groups is 1. The van der Waals surface area contributed by atoms with Crippen LogP contribution in [0.2, 0.25) is 0 Å². The largest absolute Gasteiger partial charge is 0.320 e. The summed E-state index contributed by atoms with van der Waals surface area (Å²) in [5.41, 5.74) is 5.70. The van der Waals surface area contributed by atoms with Gasteiger partial charge in [0.05, 0.1) is 6.04 Å². The molecule has 1 amide bonds. The van der Waals surface area contributed by atoms with Crippen molar-refractivity contribution in [3.63, 3.8) is 0 Å². The Balaban J connectivity index is 2.42. The molecule has 0 aliphatic carbocycles. The van der Waals surface area contributed by atoms with Crippen LogP contribution < -0.4 is 11.1 Å². The fourth-order valence-corrected chi connectivity index (χ4v) is 1.52. The van der Waals surface area contributed by atoms with Crippen molar-refractivity contribution in [2.45, 2.75) is 12.5 Å². The number of nitrogens with zero attached hydrogens (tertiary/aromatic N) is 1. The quantitative estimate of drug-likeness (QED) is 0.787. The molecule has 0 unspecified atom stereocenters. The number of anilines is 1. The predicted octanol–water partition coefficient (Wildman–Crippen LogP) is 1.10. The van der Waals surface area contributed by atoms with Gasteiger partial charge in [-0.2, -0.15) is 11.8 Å². The van der Waals surface area contributed by atoms with Gasteiger partial charge in [-0.1, -0.05) is 6.07 Å². The number of aromatic nitrogens is 1. The monoisotopic (exact) mass is 225 g/mol. The van der Waals surface area contributed by atoms with E-state index in [1.54, 1.807) is 30.1 Å². The second-order valence-corrected chi connectivity index (χ2v) is 4.08. The molecule has 0 bridgehead atoms. The summed E-state index contributed by atoms with van der Waals surface area (Å²) in [4.78, 5) is 15.5. The van der Waals surface area contributed by atoms with Gasteiger partial charge in [0.25, 0.3) is 0 Å². The number of rotatable bonds is 5. The molecule has 4 nitrogen and oxygen atoms in total. The molecular weight excluding hydrogens is 210 g/mol. The smallest absolute Gasteiger partial charge is 0.242 e. The molecule has 82 valence electrons. The average molecular weight is 225 g/mol. The molecule has 0 spiro atoms. The Morgan fingerprint density at radius 3 is 3.07 bits per heavy atom. The molecule has 1 aromatic heterocycles. The number of pyridine rings is 1. The fourth-order valence-electron chi connectivity index (χ4n) is 1.03. The Hall–Kier alpha value is -1.07. The summed E-state index contributed by atoms with van der Waals surface area (Å²) in [5.74, 6) is 1.25. The molecule has 5 heteroatoms. The zero-order valence-corrected chi connectivity index (χ0v) is 9.46. The Bertz CT molecular complexity index is 305. The highest BCUT2D eigenvalue weighted by Crippen LogP contribution is 2.03. The molecule has 1 aromatic rings. The molecule has 1 atom stereocenters. The van der Waals surface area contributed by atoms with Crippen molar-refractivity contribution in [3.8, 4) is 0 Å². The molecule has 0 aliphatic heterocycles. The van der Waals surface area contributed by atoms with Gasteiger partial charge in [-0.25, -0.2) is 4.98 Å². The van der Waals surface area contributed by atoms with E-state index in [9.17, 15) is 4.79 Å². The second kappa shape index (κ2) is 6.42. The minimum absolute atomic E-state index is 0.178. The topological polar surface area (TPSA) is 68.0 Å². The third kappa shape index (κ3) is 4.31. The van der Waals surface area contributed by atoms with Crippen LogP contribution in [0.3, 0.4) is 0 Å². The van der Waals surface area contributed by atoms with Gasteiger partial charge in [-0.15, -0.1) is 0 Å². The lowest BCUT2D eigenvalue weighted by molar-refractivity contribution is -0.117. The first-order valence-electron chi connectivity index (χ1n) is 4.70. The van der Waals surface area contributed by atoms with Crippen LogP contribution in [0.25, 0.3) is 0 Å². The van der Waals surface area contributed by atoms with Crippen molar-refractivity contribution in [1.29, 1.82) is 0 Å². The van der Waals surface area contributed by atoms with Gasteiger partial charge < -0.3 is 11.1 Å². The van der Waals surface area contributed by atoms with Crippen LogP contribution >= 0.6 is 11.8 Å². The van der Waals surface area contributed by atoms with Crippen LogP contribution in [0, 0.1) is 0 Å². The van der Waals surface area contributed by atoms with E-state index >= 15 is 0 Å². The van der Waals surface area contributed by atoms with Crippen LogP contribution in [0.15, 0.2) is 24.4 Å². The zero-order chi connectivity index (χ0) is 11.1. The summed E-state index contributed by atoms with van der Waals surface area (Å²) < 4.78 is 0. The van der Waals surface area contributed by atoms with Crippen LogP contribution in [0.4, 0.5) is 5.82 Å². The van der Waals surface area contributed by atoms with Crippen molar-refractivity contribution < 1.29 is 4.79 Å². The lowest BCUT2D eigenvalue weighted by Crippen LogP contribution is -2.36. The molecule has 0 fully saturated rings. The Morgan fingerprint density at radius 2 is 2.47 bits per heavy atom. The van der Waals surface area contributed by atoms with E-state index in [2.05, 4.69) is 10.3 Å². The van der Waals surface area contributed by atoms with E-state index in [0.717, 1.165) is 5.75 Å². The van der Waals surface area contributed by atoms with E-state index < -0.39 is 6.04 Å². The molecule has 1 rings (SSSR count). The number of nitrogens with two attached hydrogens (primary N) is 1. The maximum Gasteiger partial charge on any atom is 0.242 e. The second-order valence-electron chi connectivity index (χ2n) is 3.09. The minimum atomic E-state index is -0.459. The first-order chi connectivity index (χ1) is 7.24. The highest BCUT2D eigenvalue weighted by atomic mass is 32.2. The van der Waals surface area contributed by atoms with E-state index in [1.807, 2.05) is 12.3 Å². The summed E-state index contributed by atoms with van der Waals surface area (Å²) >= 11 is 1.68. The Labute approximate surface area is 93.7 Å². The van der Waals surface area contributed by atoms with Crippen LogP contribution in [-0.4, -0.2) is 28.9 Å². The van der Waals surface area contributed by atoms with E-state index in [4.69, 9.17) is 5.73 Å². The van der Waals surface area contributed by atoms with Crippen molar-refractivity contribution in [2.24, 2.45) is 5.73 Å². The van der Waals surface area contributed by atoms with Gasteiger partial charge >= 0.3 is 0 Å². The maximum atomic E-state index is 11.5. The molecule has 15 heavy (non-hydrogen) atoms. The zero-order valence-electron chi connectivity index (χ0n) is 8.64. The highest BCUT2D eigenvalue weighted by molar-refractivity contribution is 7.98. The van der Waals surface area contributed by atoms with Gasteiger partial charge in [0.2, 0.25) is 5.91 Å². The van der Waals surface area contributed by atoms with Crippen LogP contribution in [0.1, 0.15) is 6.42 Å². The molecule has 0 saturated heterocycles. The molecule has 3 N–H and O–H groups in total. The summed E-state index contributed by atoms with van der Waals surface area (Å²) in [6, 6.07) is 4.89. The first-order valence-corrected chi connectivity index (χ1v) is 6.10. The number of carbonyl (C=O) groups excluding carboxylic acids is 1. The fraction of sp³-hybridized carbons (Fsp3) is 0.400. The predicted molar refractivity (Wildman–Crippen MR) is 63.8 cm³/mol. The van der Waals surface area contributed by atoms with Gasteiger partial charge in [-0.05, 0) is 30.6 Å². The van der Waals surface area contributed by atoms with Crippen LogP contribution in [-0.2, 0) is 4.79 Å². The van der Waals surface area contributed by atoms with Crippen LogP contribution in [0.5, 0.6) is 0 Å². The van der Waals surface area contributed by atoms with Crippen molar-refractivity contribution in [3.05, 3.63) is 24.4 Å². The lowest BCUT2D eigenvalue weighted by atomic mass is 10.2. The number of nitrogens with one attached hydrogen (secondary N) is 1. The van der Waals surface area contributed by atoms with Gasteiger partial charge in [0, 0.05) is 6.20 Å². The summed E-state index contributed by atoms with van der Waals surface area (Å²) in [5, 5.41) is 2.67. The van der Waals surface area contributed by atoms with Gasteiger partial charge in [0.1, 0.15) is 5.82 Å². The Kier molecular flexibility index (Phi) is 5.14. The number of hydrogen-bond donors (Lipinski definition) is 2.